The normalized spacial score (nSPS) is 25.6. The Morgan fingerprint density at radius 2 is 2.20 bits per heavy atom. The highest BCUT2D eigenvalue weighted by molar-refractivity contribution is 5.08. The molecule has 0 saturated heterocycles. The molecule has 0 amide bonds. The summed E-state index contributed by atoms with van der Waals surface area (Å²) in [6, 6.07) is 1.48. The lowest BCUT2D eigenvalue weighted by atomic mass is 9.77. The van der Waals surface area contributed by atoms with Crippen molar-refractivity contribution in [3.8, 4) is 0 Å². The van der Waals surface area contributed by atoms with E-state index in [0.29, 0.717) is 6.42 Å². The average Bonchev–Trinajstić information content (AvgIpc) is 2.86. The molecule has 1 fully saturated rings. The fourth-order valence-corrected chi connectivity index (χ4v) is 3.12. The smallest absolute Gasteiger partial charge is 0.322 e. The summed E-state index contributed by atoms with van der Waals surface area (Å²) in [5, 5.41) is 4.20. The van der Waals surface area contributed by atoms with E-state index in [2.05, 4.69) is 5.10 Å². The molecule has 2 N–H and O–H groups in total. The summed E-state index contributed by atoms with van der Waals surface area (Å²) < 4.78 is 40.4. The van der Waals surface area contributed by atoms with Crippen LogP contribution in [0, 0.1) is 11.8 Å². The summed E-state index contributed by atoms with van der Waals surface area (Å²) >= 11 is 0. The minimum atomic E-state index is -4.10. The second-order valence-corrected chi connectivity index (χ2v) is 5.67. The molecule has 1 heterocycles. The average molecular weight is 289 g/mol. The van der Waals surface area contributed by atoms with E-state index in [0.717, 1.165) is 25.1 Å². The molecule has 1 aromatic heterocycles. The van der Waals surface area contributed by atoms with E-state index in [4.69, 9.17) is 5.73 Å². The Hall–Kier alpha value is -1.04. The van der Waals surface area contributed by atoms with Crippen molar-refractivity contribution in [1.29, 1.82) is 0 Å². The van der Waals surface area contributed by atoms with Gasteiger partial charge in [-0.25, -0.2) is 0 Å². The fraction of sp³-hybridized carbons (Fsp3) is 0.786. The number of hydrogen-bond acceptors (Lipinski definition) is 2. The monoisotopic (exact) mass is 289 g/mol. The molecule has 114 valence electrons. The lowest BCUT2D eigenvalue weighted by Crippen LogP contribution is -2.34. The summed E-state index contributed by atoms with van der Waals surface area (Å²) in [5.74, 6) is -1.31. The number of aromatic nitrogens is 2. The van der Waals surface area contributed by atoms with Gasteiger partial charge in [-0.05, 0) is 37.7 Å². The highest BCUT2D eigenvalue weighted by atomic mass is 19.4. The lowest BCUT2D eigenvalue weighted by Gasteiger charge is -2.34. The third kappa shape index (κ3) is 3.34. The Morgan fingerprint density at radius 1 is 1.45 bits per heavy atom. The first-order chi connectivity index (χ1) is 9.43. The van der Waals surface area contributed by atoms with E-state index < -0.39 is 12.1 Å². The van der Waals surface area contributed by atoms with Gasteiger partial charge >= 0.3 is 6.18 Å². The maximum absolute atomic E-state index is 12.9. The Labute approximate surface area is 117 Å². The van der Waals surface area contributed by atoms with Crippen LogP contribution in [0.4, 0.5) is 13.2 Å². The van der Waals surface area contributed by atoms with Gasteiger partial charge in [0.25, 0.3) is 0 Å². The molecule has 1 aliphatic carbocycles. The zero-order chi connectivity index (χ0) is 14.8. The molecule has 0 spiro atoms. The molecule has 1 aliphatic rings. The van der Waals surface area contributed by atoms with Gasteiger partial charge in [0, 0.05) is 18.8 Å². The maximum atomic E-state index is 12.9. The Kier molecular flexibility index (Phi) is 4.73. The predicted octanol–water partition coefficient (Wildman–Crippen LogP) is 3.66. The molecule has 3 atom stereocenters. The summed E-state index contributed by atoms with van der Waals surface area (Å²) in [4.78, 5) is 0. The molecule has 2 rings (SSSR count). The number of hydrogen-bond donors (Lipinski definition) is 1. The number of nitrogens with two attached hydrogens (primary N) is 1. The van der Waals surface area contributed by atoms with Crippen molar-refractivity contribution < 1.29 is 13.2 Å². The van der Waals surface area contributed by atoms with Crippen LogP contribution in [0.2, 0.25) is 0 Å². The topological polar surface area (TPSA) is 43.8 Å². The van der Waals surface area contributed by atoms with Gasteiger partial charge in [0.15, 0.2) is 0 Å². The molecule has 6 heteroatoms. The van der Waals surface area contributed by atoms with E-state index >= 15 is 0 Å². The predicted molar refractivity (Wildman–Crippen MR) is 70.9 cm³/mol. The molecular weight excluding hydrogens is 267 g/mol. The van der Waals surface area contributed by atoms with Crippen molar-refractivity contribution >= 4 is 0 Å². The third-order valence-electron chi connectivity index (χ3n) is 4.21. The van der Waals surface area contributed by atoms with Gasteiger partial charge in [-0.1, -0.05) is 13.3 Å². The zero-order valence-corrected chi connectivity index (χ0v) is 11.7. The van der Waals surface area contributed by atoms with Gasteiger partial charge < -0.3 is 5.73 Å². The van der Waals surface area contributed by atoms with Gasteiger partial charge in [0.2, 0.25) is 0 Å². The standard InChI is InChI=1S/C14H22F3N3/c1-2-8-20-12(6-7-19-20)13(18)10-4-3-5-11(9-10)14(15,16)17/h6-7,10-11,13H,2-5,8-9,18H2,1H3. The molecule has 20 heavy (non-hydrogen) atoms. The van der Waals surface area contributed by atoms with Crippen LogP contribution in [0.15, 0.2) is 12.3 Å². The first-order valence-corrected chi connectivity index (χ1v) is 7.27. The molecule has 1 aromatic rings. The SMILES string of the molecule is CCCn1nccc1C(N)C1CCCC(C(F)(F)F)C1. The van der Waals surface area contributed by atoms with Gasteiger partial charge in [-0.2, -0.15) is 18.3 Å². The second kappa shape index (κ2) is 6.16. The maximum Gasteiger partial charge on any atom is 0.391 e. The van der Waals surface area contributed by atoms with Gasteiger partial charge in [0.05, 0.1) is 11.6 Å². The van der Waals surface area contributed by atoms with Crippen molar-refractivity contribution in [2.24, 2.45) is 17.6 Å². The molecule has 0 radical (unpaired) electrons. The number of aryl methyl sites for hydroxylation is 1. The van der Waals surface area contributed by atoms with Crippen molar-refractivity contribution in [3.05, 3.63) is 18.0 Å². The van der Waals surface area contributed by atoms with Crippen LogP contribution in [0.5, 0.6) is 0 Å². The minimum Gasteiger partial charge on any atom is -0.322 e. The number of nitrogens with zero attached hydrogens (tertiary/aromatic N) is 2. The van der Waals surface area contributed by atoms with Crippen molar-refractivity contribution in [3.63, 3.8) is 0 Å². The van der Waals surface area contributed by atoms with Gasteiger partial charge in [-0.3, -0.25) is 4.68 Å². The van der Waals surface area contributed by atoms with Gasteiger partial charge in [-0.15, -0.1) is 0 Å². The van der Waals surface area contributed by atoms with Crippen LogP contribution in [-0.4, -0.2) is 16.0 Å². The second-order valence-electron chi connectivity index (χ2n) is 5.67. The zero-order valence-electron chi connectivity index (χ0n) is 11.7. The largest absolute Gasteiger partial charge is 0.391 e. The Bertz CT molecular complexity index is 428. The minimum absolute atomic E-state index is 0.109. The van der Waals surface area contributed by atoms with Crippen LogP contribution in [0.25, 0.3) is 0 Å². The van der Waals surface area contributed by atoms with Crippen molar-refractivity contribution in [2.45, 2.75) is 57.8 Å². The Balaban J connectivity index is 2.08. The highest BCUT2D eigenvalue weighted by Crippen LogP contribution is 2.43. The first kappa shape index (κ1) is 15.4. The fourth-order valence-electron chi connectivity index (χ4n) is 3.12. The molecule has 0 aliphatic heterocycles. The molecule has 1 saturated carbocycles. The van der Waals surface area contributed by atoms with E-state index in [-0.39, 0.29) is 24.8 Å². The van der Waals surface area contributed by atoms with Crippen LogP contribution in [0.3, 0.4) is 0 Å². The number of rotatable bonds is 4. The van der Waals surface area contributed by atoms with Crippen LogP contribution < -0.4 is 5.73 Å². The molecule has 0 bridgehead atoms. The first-order valence-electron chi connectivity index (χ1n) is 7.27. The third-order valence-corrected chi connectivity index (χ3v) is 4.21. The summed E-state index contributed by atoms with van der Waals surface area (Å²) in [6.45, 7) is 2.79. The van der Waals surface area contributed by atoms with Gasteiger partial charge in [0.1, 0.15) is 0 Å². The van der Waals surface area contributed by atoms with Crippen molar-refractivity contribution in [2.75, 3.05) is 0 Å². The highest BCUT2D eigenvalue weighted by Gasteiger charge is 2.43. The van der Waals surface area contributed by atoms with Crippen molar-refractivity contribution in [1.82, 2.24) is 9.78 Å². The molecule has 3 unspecified atom stereocenters. The summed E-state index contributed by atoms with van der Waals surface area (Å²) in [6.07, 6.45) is 0.257. The van der Waals surface area contributed by atoms with Crippen LogP contribution >= 0.6 is 0 Å². The van der Waals surface area contributed by atoms with E-state index in [1.807, 2.05) is 17.7 Å². The van der Waals surface area contributed by atoms with Crippen LogP contribution in [-0.2, 0) is 6.54 Å². The van der Waals surface area contributed by atoms with Crippen LogP contribution in [0.1, 0.15) is 50.8 Å². The van der Waals surface area contributed by atoms with E-state index in [9.17, 15) is 13.2 Å². The molecule has 3 nitrogen and oxygen atoms in total. The number of alkyl halides is 3. The molecule has 0 aromatic carbocycles. The molecular formula is C14H22F3N3. The quantitative estimate of drug-likeness (QED) is 0.919. The van der Waals surface area contributed by atoms with E-state index in [1.54, 1.807) is 6.20 Å². The summed E-state index contributed by atoms with van der Waals surface area (Å²) in [7, 11) is 0. The Morgan fingerprint density at radius 3 is 2.85 bits per heavy atom. The number of halogens is 3. The van der Waals surface area contributed by atoms with E-state index in [1.165, 1.54) is 0 Å². The lowest BCUT2D eigenvalue weighted by molar-refractivity contribution is -0.186. The summed E-state index contributed by atoms with van der Waals surface area (Å²) in [5.41, 5.74) is 7.08.